The molecule has 2 N–H and O–H groups in total. The third-order valence-electron chi connectivity index (χ3n) is 5.01. The van der Waals surface area contributed by atoms with Gasteiger partial charge in [0.25, 0.3) is 5.91 Å². The Labute approximate surface area is 213 Å². The summed E-state index contributed by atoms with van der Waals surface area (Å²) >= 11 is 3.38. The molecule has 0 saturated carbocycles. The number of hydrogen-bond donors (Lipinski definition) is 2. The predicted molar refractivity (Wildman–Crippen MR) is 137 cm³/mol. The molecule has 0 radical (unpaired) electrons. The lowest BCUT2D eigenvalue weighted by molar-refractivity contribution is -0.148. The minimum Gasteiger partial charge on any atom is -0.457 e. The van der Waals surface area contributed by atoms with Crippen LogP contribution in [-0.4, -0.2) is 24.4 Å². The van der Waals surface area contributed by atoms with Gasteiger partial charge >= 0.3 is 5.97 Å². The smallest absolute Gasteiger partial charge is 0.306 e. The lowest BCUT2D eigenvalue weighted by atomic mass is 10.1. The molecule has 0 aliphatic rings. The number of anilines is 1. The molecule has 2 amide bonds. The molecule has 0 fully saturated rings. The topological polar surface area (TPSA) is 93.7 Å². The second-order valence-electron chi connectivity index (χ2n) is 7.84. The lowest BCUT2D eigenvalue weighted by Crippen LogP contribution is -2.31. The van der Waals surface area contributed by atoms with Gasteiger partial charge in [0.05, 0.1) is 6.04 Å². The van der Waals surface area contributed by atoms with Crippen LogP contribution < -0.4 is 15.4 Å². The van der Waals surface area contributed by atoms with Crippen molar-refractivity contribution in [1.29, 1.82) is 0 Å². The van der Waals surface area contributed by atoms with Crippen molar-refractivity contribution in [2.24, 2.45) is 0 Å². The lowest BCUT2D eigenvalue weighted by Gasteiger charge is -2.14. The summed E-state index contributed by atoms with van der Waals surface area (Å²) in [6, 6.07) is 23.8. The highest BCUT2D eigenvalue weighted by atomic mass is 79.9. The summed E-state index contributed by atoms with van der Waals surface area (Å²) in [5, 5.41) is 5.57. The van der Waals surface area contributed by atoms with Crippen molar-refractivity contribution in [3.63, 3.8) is 0 Å². The number of rotatable bonds is 11. The van der Waals surface area contributed by atoms with Crippen LogP contribution >= 0.6 is 15.9 Å². The van der Waals surface area contributed by atoms with Crippen molar-refractivity contribution in [2.45, 2.75) is 32.2 Å². The molecule has 7 nitrogen and oxygen atoms in total. The maximum Gasteiger partial charge on any atom is 0.306 e. The Kier molecular flexibility index (Phi) is 9.86. The molecule has 0 spiro atoms. The van der Waals surface area contributed by atoms with Gasteiger partial charge in [-0.05, 0) is 67.4 Å². The number of esters is 1. The fourth-order valence-electron chi connectivity index (χ4n) is 3.19. The second-order valence-corrected chi connectivity index (χ2v) is 8.76. The zero-order valence-corrected chi connectivity index (χ0v) is 20.9. The predicted octanol–water partition coefficient (Wildman–Crippen LogP) is 5.77. The molecule has 0 aliphatic heterocycles. The summed E-state index contributed by atoms with van der Waals surface area (Å²) in [5.41, 5.74) is 1.59. The van der Waals surface area contributed by atoms with Gasteiger partial charge in [0.1, 0.15) is 11.5 Å². The average molecular weight is 539 g/mol. The molecular weight excluding hydrogens is 512 g/mol. The highest BCUT2D eigenvalue weighted by Crippen LogP contribution is 2.24. The maximum atomic E-state index is 12.2. The van der Waals surface area contributed by atoms with Crippen LogP contribution in [0.4, 0.5) is 5.69 Å². The van der Waals surface area contributed by atoms with Gasteiger partial charge in [-0.2, -0.15) is 0 Å². The van der Waals surface area contributed by atoms with Crippen LogP contribution in [0.2, 0.25) is 0 Å². The van der Waals surface area contributed by atoms with Crippen LogP contribution in [0.1, 0.15) is 37.8 Å². The SMILES string of the molecule is C[C@@H](NC(=O)COC(=O)CCCC(=O)Nc1ccc(Oc2ccc(Br)cc2)cc1)c1ccccc1. The number of benzene rings is 3. The molecule has 182 valence electrons. The van der Waals surface area contributed by atoms with Crippen LogP contribution in [-0.2, 0) is 19.1 Å². The molecule has 8 heteroatoms. The van der Waals surface area contributed by atoms with E-state index in [-0.39, 0.29) is 37.3 Å². The van der Waals surface area contributed by atoms with E-state index in [0.29, 0.717) is 23.6 Å². The summed E-state index contributed by atoms with van der Waals surface area (Å²) in [5.74, 6) is 0.249. The number of hydrogen-bond acceptors (Lipinski definition) is 5. The van der Waals surface area contributed by atoms with Gasteiger partial charge in [0, 0.05) is 23.0 Å². The van der Waals surface area contributed by atoms with E-state index in [2.05, 4.69) is 26.6 Å². The first-order valence-electron chi connectivity index (χ1n) is 11.2. The summed E-state index contributed by atoms with van der Waals surface area (Å²) < 4.78 is 11.7. The van der Waals surface area contributed by atoms with Gasteiger partial charge in [0.15, 0.2) is 6.61 Å². The molecule has 3 aromatic rings. The maximum absolute atomic E-state index is 12.2. The first-order chi connectivity index (χ1) is 16.9. The van der Waals surface area contributed by atoms with Crippen molar-refractivity contribution < 1.29 is 23.9 Å². The van der Waals surface area contributed by atoms with Gasteiger partial charge in [-0.15, -0.1) is 0 Å². The van der Waals surface area contributed by atoms with E-state index in [9.17, 15) is 14.4 Å². The van der Waals surface area contributed by atoms with Crippen LogP contribution in [0.15, 0.2) is 83.3 Å². The van der Waals surface area contributed by atoms with Crippen LogP contribution in [0, 0.1) is 0 Å². The van der Waals surface area contributed by atoms with E-state index in [0.717, 1.165) is 10.0 Å². The molecular formula is C27H27BrN2O5. The van der Waals surface area contributed by atoms with Crippen molar-refractivity contribution in [3.8, 4) is 11.5 Å². The summed E-state index contributed by atoms with van der Waals surface area (Å²) in [4.78, 5) is 36.1. The first-order valence-corrected chi connectivity index (χ1v) is 12.0. The van der Waals surface area contributed by atoms with Crippen LogP contribution in [0.3, 0.4) is 0 Å². The van der Waals surface area contributed by atoms with Crippen molar-refractivity contribution in [1.82, 2.24) is 5.32 Å². The fraction of sp³-hybridized carbons (Fsp3) is 0.222. The van der Waals surface area contributed by atoms with Crippen molar-refractivity contribution >= 4 is 39.4 Å². The summed E-state index contributed by atoms with van der Waals surface area (Å²) in [6.45, 7) is 1.51. The molecule has 0 bridgehead atoms. The fourth-order valence-corrected chi connectivity index (χ4v) is 3.45. The van der Waals surface area contributed by atoms with E-state index in [1.165, 1.54) is 0 Å². The Morgan fingerprint density at radius 3 is 2.11 bits per heavy atom. The van der Waals surface area contributed by atoms with Gasteiger partial charge in [-0.25, -0.2) is 0 Å². The Morgan fingerprint density at radius 1 is 0.829 bits per heavy atom. The Hall–Kier alpha value is -3.65. The van der Waals surface area contributed by atoms with Crippen LogP contribution in [0.5, 0.6) is 11.5 Å². The van der Waals surface area contributed by atoms with E-state index < -0.39 is 5.97 Å². The average Bonchev–Trinajstić information content (AvgIpc) is 2.86. The van der Waals surface area contributed by atoms with Crippen LogP contribution in [0.25, 0.3) is 0 Å². The van der Waals surface area contributed by atoms with E-state index in [4.69, 9.17) is 9.47 Å². The molecule has 0 saturated heterocycles. The molecule has 0 unspecified atom stereocenters. The molecule has 3 rings (SSSR count). The highest BCUT2D eigenvalue weighted by Gasteiger charge is 2.12. The Morgan fingerprint density at radius 2 is 1.46 bits per heavy atom. The second kappa shape index (κ2) is 13.3. The van der Waals surface area contributed by atoms with Gasteiger partial charge in [-0.3, -0.25) is 14.4 Å². The standard InChI is InChI=1S/C27H27BrN2O5/c1-19(20-6-3-2-4-7-20)29-26(32)18-34-27(33)9-5-8-25(31)30-22-12-16-24(17-13-22)35-23-14-10-21(28)11-15-23/h2-4,6-7,10-17,19H,5,8-9,18H2,1H3,(H,29,32)(H,30,31)/t19-/m1/s1. The summed E-state index contributed by atoms with van der Waals surface area (Å²) in [7, 11) is 0. The Balaban J connectivity index is 1.31. The largest absolute Gasteiger partial charge is 0.457 e. The first kappa shape index (κ1) is 26.0. The molecule has 3 aromatic carbocycles. The number of ether oxygens (including phenoxy) is 2. The quantitative estimate of drug-likeness (QED) is 0.302. The van der Waals surface area contributed by atoms with E-state index in [1.807, 2.05) is 61.5 Å². The van der Waals surface area contributed by atoms with E-state index >= 15 is 0 Å². The summed E-state index contributed by atoms with van der Waals surface area (Å²) in [6.07, 6.45) is 0.524. The zero-order valence-electron chi connectivity index (χ0n) is 19.3. The zero-order chi connectivity index (χ0) is 25.0. The normalized spacial score (nSPS) is 11.3. The van der Waals surface area contributed by atoms with Gasteiger partial charge < -0.3 is 20.1 Å². The van der Waals surface area contributed by atoms with Gasteiger partial charge in [0.2, 0.25) is 5.91 Å². The minimum atomic E-state index is -0.519. The molecule has 0 aromatic heterocycles. The third-order valence-corrected chi connectivity index (χ3v) is 5.54. The monoisotopic (exact) mass is 538 g/mol. The molecule has 0 aliphatic carbocycles. The number of carbonyl (C=O) groups excluding carboxylic acids is 3. The van der Waals surface area contributed by atoms with E-state index in [1.54, 1.807) is 24.3 Å². The highest BCUT2D eigenvalue weighted by molar-refractivity contribution is 9.10. The Bertz CT molecular complexity index is 1120. The minimum absolute atomic E-state index is 0.0505. The molecule has 0 heterocycles. The number of amides is 2. The molecule has 1 atom stereocenters. The van der Waals surface area contributed by atoms with Crippen molar-refractivity contribution in [3.05, 3.63) is 88.9 Å². The van der Waals surface area contributed by atoms with Crippen molar-refractivity contribution in [2.75, 3.05) is 11.9 Å². The molecule has 35 heavy (non-hydrogen) atoms. The number of halogens is 1. The number of carbonyl (C=O) groups is 3. The number of nitrogens with one attached hydrogen (secondary N) is 2. The van der Waals surface area contributed by atoms with Gasteiger partial charge in [-0.1, -0.05) is 46.3 Å². The third kappa shape index (κ3) is 9.25.